The van der Waals surface area contributed by atoms with Crippen LogP contribution in [0, 0.1) is 0 Å². The number of benzene rings is 3. The van der Waals surface area contributed by atoms with Crippen LogP contribution < -0.4 is 20.1 Å². The minimum atomic E-state index is -4.51. The van der Waals surface area contributed by atoms with E-state index in [4.69, 9.17) is 14.2 Å². The van der Waals surface area contributed by atoms with Gasteiger partial charge in [0.05, 0.1) is 31.9 Å². The number of rotatable bonds is 9. The van der Waals surface area contributed by atoms with E-state index in [1.807, 2.05) is 6.07 Å². The average Bonchev–Trinajstić information content (AvgIpc) is 2.91. The van der Waals surface area contributed by atoms with E-state index in [0.29, 0.717) is 27.7 Å². The smallest absolute Gasteiger partial charge is 0.416 e. The van der Waals surface area contributed by atoms with E-state index >= 15 is 0 Å². The van der Waals surface area contributed by atoms with Crippen LogP contribution in [-0.2, 0) is 17.3 Å². The first-order valence-electron chi connectivity index (χ1n) is 11.6. The molecule has 12 heteroatoms. The zero-order chi connectivity index (χ0) is 28.0. The van der Waals surface area contributed by atoms with Crippen molar-refractivity contribution in [3.63, 3.8) is 0 Å². The number of aromatic nitrogens is 2. The summed E-state index contributed by atoms with van der Waals surface area (Å²) in [6.45, 7) is 0.116. The fourth-order valence-corrected chi connectivity index (χ4v) is 4.78. The molecule has 4 aromatic rings. The van der Waals surface area contributed by atoms with Gasteiger partial charge in [-0.3, -0.25) is 0 Å². The van der Waals surface area contributed by atoms with Crippen LogP contribution in [0.3, 0.4) is 0 Å². The van der Waals surface area contributed by atoms with Gasteiger partial charge in [-0.1, -0.05) is 17.8 Å². The van der Waals surface area contributed by atoms with Gasteiger partial charge < -0.3 is 24.8 Å². The topological polar surface area (TPSA) is 94.6 Å². The molecule has 0 fully saturated rings. The molecule has 0 aliphatic carbocycles. The van der Waals surface area contributed by atoms with Crippen molar-refractivity contribution in [3.8, 4) is 11.5 Å². The molecule has 2 N–H and O–H groups in total. The maximum absolute atomic E-state index is 13.3. The number of hydrogen-bond acceptors (Lipinski definition) is 7. The minimum Gasteiger partial charge on any atom is -0.493 e. The second-order valence-corrected chi connectivity index (χ2v) is 9.29. The predicted octanol–water partition coefficient (Wildman–Crippen LogP) is 6.65. The van der Waals surface area contributed by atoms with E-state index in [1.165, 1.54) is 37.3 Å². The summed E-state index contributed by atoms with van der Waals surface area (Å²) in [6, 6.07) is 13.5. The van der Waals surface area contributed by atoms with Gasteiger partial charge in [-0.25, -0.2) is 14.8 Å². The van der Waals surface area contributed by atoms with Crippen LogP contribution in [0.2, 0.25) is 0 Å². The number of urea groups is 1. The quantitative estimate of drug-likeness (QED) is 0.222. The molecule has 0 saturated carbocycles. The maximum Gasteiger partial charge on any atom is 0.416 e. The highest BCUT2D eigenvalue weighted by Crippen LogP contribution is 2.38. The summed E-state index contributed by atoms with van der Waals surface area (Å²) in [4.78, 5) is 22.1. The van der Waals surface area contributed by atoms with E-state index < -0.39 is 17.8 Å². The molecule has 0 spiro atoms. The zero-order valence-electron chi connectivity index (χ0n) is 21.3. The minimum absolute atomic E-state index is 0.0341. The normalized spacial score (nSPS) is 11.3. The molecule has 2 amide bonds. The van der Waals surface area contributed by atoms with Gasteiger partial charge in [-0.05, 0) is 54.4 Å². The van der Waals surface area contributed by atoms with E-state index in [2.05, 4.69) is 20.6 Å². The van der Waals surface area contributed by atoms with Crippen molar-refractivity contribution in [3.05, 3.63) is 72.1 Å². The average molecular weight is 559 g/mol. The molecule has 1 aromatic heterocycles. The fourth-order valence-electron chi connectivity index (χ4n) is 3.85. The molecule has 4 rings (SSSR count). The van der Waals surface area contributed by atoms with Crippen molar-refractivity contribution in [1.29, 1.82) is 0 Å². The van der Waals surface area contributed by atoms with Gasteiger partial charge in [0.15, 0.2) is 11.5 Å². The summed E-state index contributed by atoms with van der Waals surface area (Å²) in [6.07, 6.45) is -3.00. The summed E-state index contributed by atoms with van der Waals surface area (Å²) in [5.41, 5.74) is 0.672. The third-order valence-corrected chi connectivity index (χ3v) is 6.66. The van der Waals surface area contributed by atoms with Gasteiger partial charge in [-0.15, -0.1) is 0 Å². The van der Waals surface area contributed by atoms with Crippen molar-refractivity contribution >= 4 is 40.1 Å². The lowest BCUT2D eigenvalue weighted by molar-refractivity contribution is -0.138. The van der Waals surface area contributed by atoms with Crippen molar-refractivity contribution in [2.24, 2.45) is 0 Å². The maximum atomic E-state index is 13.3. The zero-order valence-corrected chi connectivity index (χ0v) is 22.1. The van der Waals surface area contributed by atoms with E-state index in [9.17, 15) is 18.0 Å². The molecule has 0 aliphatic rings. The van der Waals surface area contributed by atoms with Gasteiger partial charge in [0.1, 0.15) is 11.4 Å². The Morgan fingerprint density at radius 2 is 1.64 bits per heavy atom. The second kappa shape index (κ2) is 12.2. The molecule has 3 aromatic carbocycles. The third kappa shape index (κ3) is 6.89. The van der Waals surface area contributed by atoms with Crippen LogP contribution in [0.15, 0.2) is 70.8 Å². The molecule has 1 heterocycles. The van der Waals surface area contributed by atoms with Crippen molar-refractivity contribution in [2.45, 2.75) is 22.5 Å². The Morgan fingerprint density at radius 1 is 0.923 bits per heavy atom. The Balaban J connectivity index is 1.50. The number of nitrogens with zero attached hydrogens (tertiary/aromatic N) is 2. The second-order valence-electron chi connectivity index (χ2n) is 8.22. The lowest BCUT2D eigenvalue weighted by atomic mass is 10.0. The number of methoxy groups -OCH3 is 3. The predicted molar refractivity (Wildman–Crippen MR) is 143 cm³/mol. The van der Waals surface area contributed by atoms with Crippen LogP contribution >= 0.6 is 11.8 Å². The third-order valence-electron chi connectivity index (χ3n) is 5.65. The summed E-state index contributed by atoms with van der Waals surface area (Å²) in [7, 11) is 4.51. The number of halogens is 3. The fraction of sp³-hybridized carbons (Fsp3) is 0.222. The first kappa shape index (κ1) is 28.0. The van der Waals surface area contributed by atoms with E-state index in [1.54, 1.807) is 44.6 Å². The van der Waals surface area contributed by atoms with Crippen LogP contribution in [0.5, 0.6) is 11.5 Å². The molecule has 0 bridgehead atoms. The molecule has 39 heavy (non-hydrogen) atoms. The number of alkyl halides is 3. The van der Waals surface area contributed by atoms with Crippen molar-refractivity contribution in [2.75, 3.05) is 38.6 Å². The lowest BCUT2D eigenvalue weighted by Crippen LogP contribution is -2.20. The SMILES string of the molecule is COCCc1cc(NC(=O)Nc2cccc(Sc3ncnc4cc(OC)c(OC)cc34)c2)ccc1C(F)(F)F. The van der Waals surface area contributed by atoms with E-state index in [0.717, 1.165) is 16.3 Å². The standard InChI is InChI=1S/C27H25F3N4O4S/c1-36-10-9-16-11-18(7-8-21(16)27(28,29)30)34-26(35)33-17-5-4-6-19(12-17)39-25-20-13-23(37-2)24(38-3)14-22(20)31-15-32-25/h4-8,11-15H,9-10H2,1-3H3,(H2,33,34,35). The van der Waals surface area contributed by atoms with Gasteiger partial charge in [-0.2, -0.15) is 13.2 Å². The summed E-state index contributed by atoms with van der Waals surface area (Å²) in [5, 5.41) is 6.75. The molecule has 0 saturated heterocycles. The summed E-state index contributed by atoms with van der Waals surface area (Å²) >= 11 is 1.37. The Hall–Kier alpha value is -4.03. The number of hydrogen-bond donors (Lipinski definition) is 2. The number of carbonyl (C=O) groups excluding carboxylic acids is 1. The molecule has 0 atom stereocenters. The Bertz CT molecular complexity index is 1480. The Labute approximate surface area is 226 Å². The monoisotopic (exact) mass is 558 g/mol. The molecular weight excluding hydrogens is 533 g/mol. The van der Waals surface area contributed by atoms with Crippen LogP contribution in [0.25, 0.3) is 10.9 Å². The molecule has 0 radical (unpaired) electrons. The van der Waals surface area contributed by atoms with Gasteiger partial charge >= 0.3 is 12.2 Å². The number of nitrogens with one attached hydrogen (secondary N) is 2. The molecule has 204 valence electrons. The lowest BCUT2D eigenvalue weighted by Gasteiger charge is -2.15. The molecule has 0 unspecified atom stereocenters. The van der Waals surface area contributed by atoms with Crippen molar-refractivity contribution < 1.29 is 32.2 Å². The number of carbonyl (C=O) groups is 1. The number of fused-ring (bicyclic) bond motifs is 1. The van der Waals surface area contributed by atoms with Gasteiger partial charge in [0.2, 0.25) is 0 Å². The first-order valence-corrected chi connectivity index (χ1v) is 12.4. The highest BCUT2D eigenvalue weighted by Gasteiger charge is 2.33. The van der Waals surface area contributed by atoms with Gasteiger partial charge in [0, 0.05) is 34.8 Å². The van der Waals surface area contributed by atoms with Gasteiger partial charge in [0.25, 0.3) is 0 Å². The first-order chi connectivity index (χ1) is 18.7. The van der Waals surface area contributed by atoms with E-state index in [-0.39, 0.29) is 24.3 Å². The molecule has 8 nitrogen and oxygen atoms in total. The Kier molecular flexibility index (Phi) is 8.77. The van der Waals surface area contributed by atoms with Crippen molar-refractivity contribution in [1.82, 2.24) is 9.97 Å². The Morgan fingerprint density at radius 3 is 2.33 bits per heavy atom. The number of anilines is 2. The van der Waals surface area contributed by atoms with Crippen LogP contribution in [0.4, 0.5) is 29.3 Å². The largest absolute Gasteiger partial charge is 0.493 e. The summed E-state index contributed by atoms with van der Waals surface area (Å²) < 4.78 is 55.7. The highest BCUT2D eigenvalue weighted by atomic mass is 32.2. The number of ether oxygens (including phenoxy) is 3. The summed E-state index contributed by atoms with van der Waals surface area (Å²) in [5.74, 6) is 1.10. The van der Waals surface area contributed by atoms with Crippen LogP contribution in [0.1, 0.15) is 11.1 Å². The highest BCUT2D eigenvalue weighted by molar-refractivity contribution is 7.99. The molecular formula is C27H25F3N4O4S. The van der Waals surface area contributed by atoms with Crippen LogP contribution in [-0.4, -0.2) is 43.9 Å². The number of amides is 2. The molecule has 0 aliphatic heterocycles.